The summed E-state index contributed by atoms with van der Waals surface area (Å²) in [6.45, 7) is 0. The van der Waals surface area contributed by atoms with Crippen LogP contribution < -0.4 is 15.0 Å². The predicted octanol–water partition coefficient (Wildman–Crippen LogP) is 2.87. The normalized spacial score (nSPS) is 21.6. The highest BCUT2D eigenvalue weighted by molar-refractivity contribution is 6.06. The molecule has 2 unspecified atom stereocenters. The molecule has 176 valence electrons. The Morgan fingerprint density at radius 2 is 1.91 bits per heavy atom. The van der Waals surface area contributed by atoms with Crippen molar-refractivity contribution < 1.29 is 23.5 Å². The summed E-state index contributed by atoms with van der Waals surface area (Å²) in [5, 5.41) is 2.69. The molecule has 2 aliphatic rings. The van der Waals surface area contributed by atoms with E-state index < -0.39 is 11.9 Å². The van der Waals surface area contributed by atoms with Crippen molar-refractivity contribution in [1.82, 2.24) is 19.9 Å². The minimum absolute atomic E-state index is 0.00936. The summed E-state index contributed by atoms with van der Waals surface area (Å²) in [5.74, 6) is -1.08. The fraction of sp³-hybridized carbons (Fsp3) is 0.391. The molecule has 0 aromatic carbocycles. The lowest BCUT2D eigenvalue weighted by Crippen LogP contribution is -2.55. The third kappa shape index (κ3) is 4.41. The van der Waals surface area contributed by atoms with Gasteiger partial charge in [-0.15, -0.1) is 0 Å². The lowest BCUT2D eigenvalue weighted by molar-refractivity contribution is 0.0601. The van der Waals surface area contributed by atoms with E-state index in [1.807, 2.05) is 0 Å². The van der Waals surface area contributed by atoms with Crippen LogP contribution in [0.5, 0.6) is 6.01 Å². The molecule has 0 spiro atoms. The first-order chi connectivity index (χ1) is 16.6. The largest absolute Gasteiger partial charge is 0.465 e. The van der Waals surface area contributed by atoms with Crippen molar-refractivity contribution in [2.45, 2.75) is 50.3 Å². The maximum absolute atomic E-state index is 12.8. The summed E-state index contributed by atoms with van der Waals surface area (Å²) in [6, 6.07) is 4.44. The number of amides is 1. The van der Waals surface area contributed by atoms with Gasteiger partial charge in [0, 0.05) is 49.7 Å². The third-order valence-corrected chi connectivity index (χ3v) is 6.17. The molecule has 11 nitrogen and oxygen atoms in total. The van der Waals surface area contributed by atoms with Gasteiger partial charge in [-0.05, 0) is 31.4 Å². The SMILES string of the molecule is COC(=O)c1cnccc1NC(=O)c1coc(N2C3CCC[C@H]2CC(Oc2ncccn2)C3)n1. The van der Waals surface area contributed by atoms with Crippen molar-refractivity contribution in [3.05, 3.63) is 54.4 Å². The fourth-order valence-electron chi connectivity index (χ4n) is 4.68. The number of aromatic nitrogens is 4. The highest BCUT2D eigenvalue weighted by atomic mass is 16.5. The van der Waals surface area contributed by atoms with E-state index in [2.05, 4.69) is 30.2 Å². The van der Waals surface area contributed by atoms with E-state index in [0.717, 1.165) is 32.1 Å². The van der Waals surface area contributed by atoms with Crippen molar-refractivity contribution >= 4 is 23.6 Å². The Bertz CT molecular complexity index is 1160. The molecule has 0 saturated carbocycles. The Hall–Kier alpha value is -4.02. The average molecular weight is 464 g/mol. The molecule has 1 N–H and O–H groups in total. The molecular formula is C23H24N6O5. The zero-order chi connectivity index (χ0) is 23.5. The summed E-state index contributed by atoms with van der Waals surface area (Å²) in [7, 11) is 1.27. The standard InChI is InChI=1S/C23H24N6O5/c1-32-21(31)17-12-24-9-6-18(17)27-20(30)19-13-33-23(28-19)29-14-4-2-5-15(29)11-16(10-14)34-22-25-7-3-8-26-22/h3,6-9,12-16H,2,4-5,10-11H2,1H3,(H,24,27,30)/t14-,15?,16?/m0/s1. The Labute approximate surface area is 195 Å². The van der Waals surface area contributed by atoms with Crippen LogP contribution >= 0.6 is 0 Å². The predicted molar refractivity (Wildman–Crippen MR) is 120 cm³/mol. The number of oxazole rings is 1. The molecule has 34 heavy (non-hydrogen) atoms. The fourth-order valence-corrected chi connectivity index (χ4v) is 4.68. The molecule has 5 rings (SSSR count). The second kappa shape index (κ2) is 9.46. The van der Waals surface area contributed by atoms with Gasteiger partial charge in [0.15, 0.2) is 5.69 Å². The van der Waals surface area contributed by atoms with Gasteiger partial charge in [0.1, 0.15) is 17.9 Å². The van der Waals surface area contributed by atoms with E-state index in [0.29, 0.717) is 12.0 Å². The summed E-state index contributed by atoms with van der Waals surface area (Å²) >= 11 is 0. The van der Waals surface area contributed by atoms with Gasteiger partial charge in [0.2, 0.25) is 0 Å². The number of hydrogen-bond acceptors (Lipinski definition) is 10. The average Bonchev–Trinajstić information content (AvgIpc) is 3.34. The maximum atomic E-state index is 12.8. The lowest BCUT2D eigenvalue weighted by Gasteiger charge is -2.47. The first kappa shape index (κ1) is 21.8. The van der Waals surface area contributed by atoms with Crippen molar-refractivity contribution in [2.24, 2.45) is 0 Å². The number of fused-ring (bicyclic) bond motifs is 2. The Kier molecular flexibility index (Phi) is 6.07. The minimum Gasteiger partial charge on any atom is -0.465 e. The van der Waals surface area contributed by atoms with Crippen molar-refractivity contribution in [2.75, 3.05) is 17.3 Å². The number of methoxy groups -OCH3 is 1. The van der Waals surface area contributed by atoms with Gasteiger partial charge in [-0.25, -0.2) is 14.8 Å². The number of pyridine rings is 1. The van der Waals surface area contributed by atoms with E-state index in [1.54, 1.807) is 18.5 Å². The number of carbonyl (C=O) groups excluding carboxylic acids is 2. The van der Waals surface area contributed by atoms with Crippen LogP contribution in [0.3, 0.4) is 0 Å². The van der Waals surface area contributed by atoms with E-state index in [4.69, 9.17) is 13.9 Å². The summed E-state index contributed by atoms with van der Waals surface area (Å²) in [5.41, 5.74) is 0.562. The Balaban J connectivity index is 1.29. The van der Waals surface area contributed by atoms with E-state index in [1.165, 1.54) is 31.8 Å². The monoisotopic (exact) mass is 464 g/mol. The van der Waals surface area contributed by atoms with Crippen molar-refractivity contribution in [3.63, 3.8) is 0 Å². The molecule has 1 amide bonds. The molecular weight excluding hydrogens is 440 g/mol. The van der Waals surface area contributed by atoms with Crippen LogP contribution in [0, 0.1) is 0 Å². The van der Waals surface area contributed by atoms with Gasteiger partial charge >= 0.3 is 12.0 Å². The number of anilines is 2. The summed E-state index contributed by atoms with van der Waals surface area (Å²) < 4.78 is 16.5. The second-order valence-electron chi connectivity index (χ2n) is 8.27. The molecule has 3 aromatic heterocycles. The molecule has 0 aliphatic carbocycles. The summed E-state index contributed by atoms with van der Waals surface area (Å²) in [6.07, 6.45) is 12.1. The number of nitrogens with zero attached hydrogens (tertiary/aromatic N) is 5. The van der Waals surface area contributed by atoms with Crippen molar-refractivity contribution in [1.29, 1.82) is 0 Å². The molecule has 5 heterocycles. The van der Waals surface area contributed by atoms with Crippen LogP contribution in [0.1, 0.15) is 53.0 Å². The summed E-state index contributed by atoms with van der Waals surface area (Å²) in [4.78, 5) is 43.6. The lowest BCUT2D eigenvalue weighted by atomic mass is 9.83. The van der Waals surface area contributed by atoms with Gasteiger partial charge in [-0.1, -0.05) is 0 Å². The highest BCUT2D eigenvalue weighted by Crippen LogP contribution is 2.38. The number of ether oxygens (including phenoxy) is 2. The Morgan fingerprint density at radius 3 is 2.65 bits per heavy atom. The van der Waals surface area contributed by atoms with Gasteiger partial charge in [-0.3, -0.25) is 9.78 Å². The van der Waals surface area contributed by atoms with Crippen LogP contribution in [-0.2, 0) is 4.74 Å². The molecule has 3 aromatic rings. The van der Waals surface area contributed by atoms with Crippen LogP contribution in [0.15, 0.2) is 47.6 Å². The van der Waals surface area contributed by atoms with Crippen LogP contribution in [0.4, 0.5) is 11.7 Å². The highest BCUT2D eigenvalue weighted by Gasteiger charge is 2.41. The molecule has 2 aliphatic heterocycles. The number of rotatable bonds is 6. The minimum atomic E-state index is -0.594. The number of hydrogen-bond donors (Lipinski definition) is 1. The number of nitrogens with one attached hydrogen (secondary N) is 1. The zero-order valence-electron chi connectivity index (χ0n) is 18.6. The molecule has 3 atom stereocenters. The second-order valence-corrected chi connectivity index (χ2v) is 8.27. The third-order valence-electron chi connectivity index (χ3n) is 6.17. The zero-order valence-corrected chi connectivity index (χ0v) is 18.6. The van der Waals surface area contributed by atoms with E-state index in [9.17, 15) is 9.59 Å². The van der Waals surface area contributed by atoms with Crippen molar-refractivity contribution in [3.8, 4) is 6.01 Å². The van der Waals surface area contributed by atoms with Gasteiger partial charge in [0.05, 0.1) is 12.8 Å². The molecule has 0 radical (unpaired) electrons. The van der Waals surface area contributed by atoms with Gasteiger partial charge < -0.3 is 24.1 Å². The number of piperidine rings is 2. The smallest absolute Gasteiger partial charge is 0.341 e. The van der Waals surface area contributed by atoms with Gasteiger partial charge in [0.25, 0.3) is 11.9 Å². The van der Waals surface area contributed by atoms with E-state index in [-0.39, 0.29) is 35.1 Å². The van der Waals surface area contributed by atoms with Gasteiger partial charge in [-0.2, -0.15) is 4.98 Å². The maximum Gasteiger partial charge on any atom is 0.341 e. The van der Waals surface area contributed by atoms with Crippen LogP contribution in [0.25, 0.3) is 0 Å². The quantitative estimate of drug-likeness (QED) is 0.543. The van der Waals surface area contributed by atoms with Crippen LogP contribution in [0.2, 0.25) is 0 Å². The topological polar surface area (TPSA) is 133 Å². The molecule has 11 heteroatoms. The first-order valence-electron chi connectivity index (χ1n) is 11.1. The van der Waals surface area contributed by atoms with E-state index >= 15 is 0 Å². The molecule has 2 bridgehead atoms. The molecule has 2 fully saturated rings. The van der Waals surface area contributed by atoms with Crippen LogP contribution in [-0.4, -0.2) is 57.1 Å². The number of carbonyl (C=O) groups is 2. The Morgan fingerprint density at radius 1 is 1.15 bits per heavy atom. The molecule has 2 saturated heterocycles. The first-order valence-corrected chi connectivity index (χ1v) is 11.1. The number of esters is 1.